The number of esters is 1. The van der Waals surface area contributed by atoms with Crippen LogP contribution in [0, 0.1) is 11.7 Å². The van der Waals surface area contributed by atoms with Crippen LogP contribution >= 0.6 is 0 Å². The van der Waals surface area contributed by atoms with E-state index in [1.807, 2.05) is 6.07 Å². The van der Waals surface area contributed by atoms with Crippen molar-refractivity contribution in [3.05, 3.63) is 70.4 Å². The number of nitrogens with one attached hydrogen (secondary N) is 1. The van der Waals surface area contributed by atoms with Gasteiger partial charge in [0.2, 0.25) is 0 Å². The van der Waals surface area contributed by atoms with Gasteiger partial charge in [0.05, 0.1) is 36.2 Å². The lowest BCUT2D eigenvalue weighted by Crippen LogP contribution is -2.44. The zero-order valence-electron chi connectivity index (χ0n) is 24.3. The molecule has 1 aliphatic rings. The highest BCUT2D eigenvalue weighted by Gasteiger charge is 2.18. The SMILES string of the molecule is COC(=O)c1cc(-c2cc(F)ccc2OCCC[C@@H](C)CNc2cc(N3CCN(C)CC3)ccc2N)c(=O)n(C)c1. The molecule has 9 nitrogen and oxygen atoms in total. The van der Waals surface area contributed by atoms with E-state index < -0.39 is 11.8 Å². The molecule has 0 saturated carbocycles. The number of aromatic nitrogens is 1. The molecule has 0 aliphatic carbocycles. The van der Waals surface area contributed by atoms with E-state index in [4.69, 9.17) is 15.2 Å². The smallest absolute Gasteiger partial charge is 0.339 e. The molecule has 0 unspecified atom stereocenters. The van der Waals surface area contributed by atoms with Gasteiger partial charge in [0.25, 0.3) is 5.56 Å². The summed E-state index contributed by atoms with van der Waals surface area (Å²) in [6.07, 6.45) is 3.04. The van der Waals surface area contributed by atoms with Crippen molar-refractivity contribution in [2.45, 2.75) is 19.8 Å². The number of benzene rings is 2. The maximum Gasteiger partial charge on any atom is 0.339 e. The van der Waals surface area contributed by atoms with Crippen LogP contribution in [-0.2, 0) is 11.8 Å². The number of anilines is 3. The van der Waals surface area contributed by atoms with Crippen molar-refractivity contribution < 1.29 is 18.7 Å². The Kier molecular flexibility index (Phi) is 9.88. The number of pyridine rings is 1. The predicted molar refractivity (Wildman–Crippen MR) is 161 cm³/mol. The van der Waals surface area contributed by atoms with E-state index >= 15 is 0 Å². The van der Waals surface area contributed by atoms with E-state index in [2.05, 4.69) is 41.2 Å². The number of hydrogen-bond donors (Lipinski definition) is 2. The number of likely N-dealkylation sites (N-methyl/N-ethyl adjacent to an activating group) is 1. The van der Waals surface area contributed by atoms with Crippen LogP contribution < -0.4 is 26.2 Å². The molecule has 1 aliphatic heterocycles. The Hall–Kier alpha value is -4.05. The largest absolute Gasteiger partial charge is 0.493 e. The molecule has 0 bridgehead atoms. The van der Waals surface area contributed by atoms with Gasteiger partial charge in [-0.3, -0.25) is 4.79 Å². The third-order valence-electron chi connectivity index (χ3n) is 7.48. The van der Waals surface area contributed by atoms with Gasteiger partial charge < -0.3 is 34.9 Å². The van der Waals surface area contributed by atoms with Gasteiger partial charge in [-0.05, 0) is 68.3 Å². The van der Waals surface area contributed by atoms with E-state index in [0.717, 1.165) is 56.9 Å². The number of ether oxygens (including phenoxy) is 2. The molecule has 3 N–H and O–H groups in total. The van der Waals surface area contributed by atoms with Crippen molar-refractivity contribution in [3.8, 4) is 16.9 Å². The molecular formula is C31H40FN5O4. The molecule has 1 atom stereocenters. The second-order valence-corrected chi connectivity index (χ2v) is 10.7. The van der Waals surface area contributed by atoms with Gasteiger partial charge in [-0.1, -0.05) is 6.92 Å². The first-order chi connectivity index (χ1) is 19.7. The minimum absolute atomic E-state index is 0.166. The fourth-order valence-corrected chi connectivity index (χ4v) is 4.93. The monoisotopic (exact) mass is 565 g/mol. The molecule has 0 spiro atoms. The molecule has 4 rings (SSSR count). The Balaban J connectivity index is 1.34. The lowest BCUT2D eigenvalue weighted by atomic mass is 10.0. The number of rotatable bonds is 11. The molecule has 3 aromatic rings. The fourth-order valence-electron chi connectivity index (χ4n) is 4.93. The van der Waals surface area contributed by atoms with Crippen molar-refractivity contribution >= 4 is 23.0 Å². The van der Waals surface area contributed by atoms with Crippen LogP contribution in [0.4, 0.5) is 21.5 Å². The highest BCUT2D eigenvalue weighted by molar-refractivity contribution is 5.90. The van der Waals surface area contributed by atoms with Gasteiger partial charge in [-0.25, -0.2) is 9.18 Å². The fraction of sp³-hybridized carbons (Fsp3) is 0.419. The Morgan fingerprint density at radius 1 is 1.07 bits per heavy atom. The third-order valence-corrected chi connectivity index (χ3v) is 7.48. The maximum atomic E-state index is 14.2. The van der Waals surface area contributed by atoms with E-state index in [9.17, 15) is 14.0 Å². The van der Waals surface area contributed by atoms with Crippen molar-refractivity contribution in [2.24, 2.45) is 13.0 Å². The highest BCUT2D eigenvalue weighted by atomic mass is 19.1. The quantitative estimate of drug-likeness (QED) is 0.203. The summed E-state index contributed by atoms with van der Waals surface area (Å²) in [4.78, 5) is 29.7. The average molecular weight is 566 g/mol. The van der Waals surface area contributed by atoms with Gasteiger partial charge in [-0.2, -0.15) is 0 Å². The molecule has 2 heterocycles. The second-order valence-electron chi connectivity index (χ2n) is 10.7. The Morgan fingerprint density at radius 3 is 2.56 bits per heavy atom. The van der Waals surface area contributed by atoms with Crippen LogP contribution in [0.15, 0.2) is 53.5 Å². The first-order valence-electron chi connectivity index (χ1n) is 13.9. The number of nitrogen functional groups attached to an aromatic ring is 1. The third kappa shape index (κ3) is 7.58. The van der Waals surface area contributed by atoms with Crippen LogP contribution in [0.3, 0.4) is 0 Å². The number of piperazine rings is 1. The van der Waals surface area contributed by atoms with Crippen molar-refractivity contribution in [1.82, 2.24) is 9.47 Å². The van der Waals surface area contributed by atoms with Gasteiger partial charge in [0.1, 0.15) is 11.6 Å². The topological polar surface area (TPSA) is 102 Å². The standard InChI is InChI=1S/C31H40FN5O4/c1-21(19-34-28-18-24(8-9-27(28)33)37-13-11-35(2)12-14-37)6-5-15-41-29-10-7-23(32)17-25(29)26-16-22(31(39)40-4)20-36(3)30(26)38/h7-10,16-18,20-21,34H,5-6,11-15,19,33H2,1-4H3/t21-/m1/s1. The summed E-state index contributed by atoms with van der Waals surface area (Å²) in [6, 6.07) is 11.6. The number of nitrogens with zero attached hydrogens (tertiary/aromatic N) is 3. The van der Waals surface area contributed by atoms with Crippen molar-refractivity contribution in [3.63, 3.8) is 0 Å². The number of methoxy groups -OCH3 is 1. The number of halogens is 1. The molecule has 1 saturated heterocycles. The highest BCUT2D eigenvalue weighted by Crippen LogP contribution is 2.30. The van der Waals surface area contributed by atoms with Crippen LogP contribution in [-0.4, -0.2) is 68.9 Å². The summed E-state index contributed by atoms with van der Waals surface area (Å²) in [5, 5.41) is 3.51. The number of aryl methyl sites for hydroxylation is 1. The first kappa shape index (κ1) is 29.9. The van der Waals surface area contributed by atoms with Crippen LogP contribution in [0.5, 0.6) is 5.75 Å². The summed E-state index contributed by atoms with van der Waals surface area (Å²) < 4.78 is 26.3. The van der Waals surface area contributed by atoms with Gasteiger partial charge in [0.15, 0.2) is 0 Å². The number of carbonyl (C=O) groups excluding carboxylic acids is 1. The second kappa shape index (κ2) is 13.5. The summed E-state index contributed by atoms with van der Waals surface area (Å²) in [5.41, 5.74) is 9.38. The molecule has 41 heavy (non-hydrogen) atoms. The van der Waals surface area contributed by atoms with Crippen LogP contribution in [0.1, 0.15) is 30.1 Å². The van der Waals surface area contributed by atoms with Crippen molar-refractivity contribution in [2.75, 3.05) is 69.4 Å². The summed E-state index contributed by atoms with van der Waals surface area (Å²) in [6.45, 7) is 7.40. The normalized spacial score (nSPS) is 14.5. The summed E-state index contributed by atoms with van der Waals surface area (Å²) in [5.74, 6) is -0.364. The van der Waals surface area contributed by atoms with Gasteiger partial charge >= 0.3 is 5.97 Å². The average Bonchev–Trinajstić information content (AvgIpc) is 2.96. The minimum atomic E-state index is -0.587. The molecule has 0 radical (unpaired) electrons. The molecule has 1 fully saturated rings. The summed E-state index contributed by atoms with van der Waals surface area (Å²) in [7, 11) is 4.94. The van der Waals surface area contributed by atoms with E-state index in [1.54, 1.807) is 0 Å². The predicted octanol–water partition coefficient (Wildman–Crippen LogP) is 4.22. The Bertz CT molecular complexity index is 1420. The molecular weight excluding hydrogens is 525 g/mol. The lowest BCUT2D eigenvalue weighted by Gasteiger charge is -2.34. The minimum Gasteiger partial charge on any atom is -0.493 e. The van der Waals surface area contributed by atoms with E-state index in [1.165, 1.54) is 54.9 Å². The Morgan fingerprint density at radius 2 is 1.83 bits per heavy atom. The van der Waals surface area contributed by atoms with Gasteiger partial charge in [-0.15, -0.1) is 0 Å². The zero-order valence-corrected chi connectivity index (χ0v) is 24.3. The molecule has 2 aromatic carbocycles. The number of carbonyl (C=O) groups is 1. The van der Waals surface area contributed by atoms with E-state index in [0.29, 0.717) is 23.8 Å². The summed E-state index contributed by atoms with van der Waals surface area (Å²) >= 11 is 0. The van der Waals surface area contributed by atoms with Gasteiger partial charge in [0, 0.05) is 57.2 Å². The molecule has 220 valence electrons. The maximum absolute atomic E-state index is 14.2. The lowest BCUT2D eigenvalue weighted by molar-refractivity contribution is 0.0599. The molecule has 1 aromatic heterocycles. The van der Waals surface area contributed by atoms with Crippen molar-refractivity contribution in [1.29, 1.82) is 0 Å². The molecule has 10 heteroatoms. The first-order valence-corrected chi connectivity index (χ1v) is 13.9. The number of hydrogen-bond acceptors (Lipinski definition) is 8. The Labute approximate surface area is 240 Å². The zero-order chi connectivity index (χ0) is 29.5. The van der Waals surface area contributed by atoms with Crippen LogP contribution in [0.25, 0.3) is 11.1 Å². The molecule has 0 amide bonds. The number of nitrogens with two attached hydrogens (primary N) is 1. The van der Waals surface area contributed by atoms with Crippen LogP contribution in [0.2, 0.25) is 0 Å². The van der Waals surface area contributed by atoms with E-state index in [-0.39, 0.29) is 16.7 Å².